The molecule has 0 aliphatic carbocycles. The van der Waals surface area contributed by atoms with Crippen molar-refractivity contribution in [2.24, 2.45) is 0 Å². The lowest BCUT2D eigenvalue weighted by molar-refractivity contribution is -0.384. The SMILES string of the molecule is CCCNc1ccc(C(=O)OC)cc1[N+](=O)[O-]. The molecule has 92 valence electrons. The number of hydrogen-bond acceptors (Lipinski definition) is 5. The predicted octanol–water partition coefficient (Wildman–Crippen LogP) is 2.20. The molecule has 1 aromatic carbocycles. The number of ether oxygens (including phenoxy) is 1. The number of carbonyl (C=O) groups is 1. The lowest BCUT2D eigenvalue weighted by Gasteiger charge is -2.06. The van der Waals surface area contributed by atoms with Crippen molar-refractivity contribution in [1.82, 2.24) is 0 Å². The monoisotopic (exact) mass is 238 g/mol. The van der Waals surface area contributed by atoms with E-state index < -0.39 is 10.9 Å². The number of carbonyl (C=O) groups excluding carboxylic acids is 1. The number of nitro benzene ring substituents is 1. The quantitative estimate of drug-likeness (QED) is 0.483. The maximum Gasteiger partial charge on any atom is 0.338 e. The number of rotatable bonds is 5. The van der Waals surface area contributed by atoms with Crippen LogP contribution in [-0.2, 0) is 4.74 Å². The standard InChI is InChI=1S/C11H14N2O4/c1-3-6-12-9-5-4-8(11(14)17-2)7-10(9)13(15)16/h4-5,7,12H,3,6H2,1-2H3. The molecular formula is C11H14N2O4. The summed E-state index contributed by atoms with van der Waals surface area (Å²) in [7, 11) is 1.23. The van der Waals surface area contributed by atoms with Gasteiger partial charge in [-0.05, 0) is 18.6 Å². The fourth-order valence-electron chi connectivity index (χ4n) is 1.34. The van der Waals surface area contributed by atoms with E-state index in [1.807, 2.05) is 6.92 Å². The Bertz CT molecular complexity index is 431. The highest BCUT2D eigenvalue weighted by molar-refractivity contribution is 5.91. The number of benzene rings is 1. The predicted molar refractivity (Wildman–Crippen MR) is 63.2 cm³/mol. The van der Waals surface area contributed by atoms with Gasteiger partial charge in [0.2, 0.25) is 0 Å². The van der Waals surface area contributed by atoms with Crippen LogP contribution < -0.4 is 5.32 Å². The Morgan fingerprint density at radius 3 is 2.76 bits per heavy atom. The van der Waals surface area contributed by atoms with Crippen molar-refractivity contribution in [2.75, 3.05) is 19.0 Å². The average Bonchev–Trinajstić information content (AvgIpc) is 2.35. The van der Waals surface area contributed by atoms with E-state index in [1.54, 1.807) is 0 Å². The lowest BCUT2D eigenvalue weighted by Crippen LogP contribution is -2.06. The van der Waals surface area contributed by atoms with Crippen molar-refractivity contribution in [1.29, 1.82) is 0 Å². The molecule has 1 rings (SSSR count). The fourth-order valence-corrected chi connectivity index (χ4v) is 1.34. The summed E-state index contributed by atoms with van der Waals surface area (Å²) in [6, 6.07) is 4.22. The maximum absolute atomic E-state index is 11.2. The number of nitro groups is 1. The summed E-state index contributed by atoms with van der Waals surface area (Å²) in [6.45, 7) is 2.60. The van der Waals surface area contributed by atoms with E-state index in [9.17, 15) is 14.9 Å². The second kappa shape index (κ2) is 5.83. The molecular weight excluding hydrogens is 224 g/mol. The minimum atomic E-state index is -0.588. The van der Waals surface area contributed by atoms with E-state index >= 15 is 0 Å². The van der Waals surface area contributed by atoms with Gasteiger partial charge in [-0.25, -0.2) is 4.79 Å². The molecule has 0 heterocycles. The van der Waals surface area contributed by atoms with Gasteiger partial charge in [0.15, 0.2) is 0 Å². The molecule has 17 heavy (non-hydrogen) atoms. The summed E-state index contributed by atoms with van der Waals surface area (Å²) in [5.74, 6) is -0.588. The minimum absolute atomic E-state index is 0.124. The Kier molecular flexibility index (Phi) is 4.45. The summed E-state index contributed by atoms with van der Waals surface area (Å²) >= 11 is 0. The number of hydrogen-bond donors (Lipinski definition) is 1. The summed E-state index contributed by atoms with van der Waals surface area (Å²) in [6.07, 6.45) is 0.857. The van der Waals surface area contributed by atoms with Crippen LogP contribution in [0.15, 0.2) is 18.2 Å². The van der Waals surface area contributed by atoms with E-state index in [1.165, 1.54) is 25.3 Å². The van der Waals surface area contributed by atoms with Gasteiger partial charge in [0.25, 0.3) is 5.69 Å². The molecule has 0 bridgehead atoms. The van der Waals surface area contributed by atoms with Gasteiger partial charge in [-0.1, -0.05) is 6.92 Å². The van der Waals surface area contributed by atoms with Crippen LogP contribution >= 0.6 is 0 Å². The molecule has 1 aromatic rings. The summed E-state index contributed by atoms with van der Waals surface area (Å²) in [5.41, 5.74) is 0.451. The second-order valence-electron chi connectivity index (χ2n) is 3.41. The first-order valence-electron chi connectivity index (χ1n) is 5.20. The molecule has 0 atom stereocenters. The van der Waals surface area contributed by atoms with Crippen molar-refractivity contribution in [3.8, 4) is 0 Å². The van der Waals surface area contributed by atoms with Crippen LogP contribution in [0.4, 0.5) is 11.4 Å². The zero-order chi connectivity index (χ0) is 12.8. The summed E-state index contributed by atoms with van der Waals surface area (Å²) in [4.78, 5) is 21.6. The van der Waals surface area contributed by atoms with Gasteiger partial charge in [0.1, 0.15) is 5.69 Å². The molecule has 0 unspecified atom stereocenters. The third-order valence-corrected chi connectivity index (χ3v) is 2.18. The molecule has 0 spiro atoms. The molecule has 0 aromatic heterocycles. The molecule has 0 fully saturated rings. The molecule has 1 N–H and O–H groups in total. The highest BCUT2D eigenvalue weighted by Gasteiger charge is 2.17. The molecule has 0 radical (unpaired) electrons. The van der Waals surface area contributed by atoms with Crippen LogP contribution in [-0.4, -0.2) is 24.5 Å². The van der Waals surface area contributed by atoms with E-state index in [0.29, 0.717) is 12.2 Å². The average molecular weight is 238 g/mol. The minimum Gasteiger partial charge on any atom is -0.465 e. The van der Waals surface area contributed by atoms with Crippen LogP contribution in [0, 0.1) is 10.1 Å². The Hall–Kier alpha value is -2.11. The van der Waals surface area contributed by atoms with Gasteiger partial charge < -0.3 is 10.1 Å². The lowest BCUT2D eigenvalue weighted by atomic mass is 10.1. The smallest absolute Gasteiger partial charge is 0.338 e. The van der Waals surface area contributed by atoms with Crippen molar-refractivity contribution in [3.63, 3.8) is 0 Å². The molecule has 6 nitrogen and oxygen atoms in total. The molecule has 6 heteroatoms. The normalized spacial score (nSPS) is 9.76. The molecule has 0 aliphatic rings. The molecule has 0 amide bonds. The molecule has 0 saturated heterocycles. The van der Waals surface area contributed by atoms with Crippen LogP contribution in [0.5, 0.6) is 0 Å². The van der Waals surface area contributed by atoms with Crippen molar-refractivity contribution < 1.29 is 14.5 Å². The van der Waals surface area contributed by atoms with Crippen LogP contribution in [0.2, 0.25) is 0 Å². The van der Waals surface area contributed by atoms with Crippen LogP contribution in [0.25, 0.3) is 0 Å². The van der Waals surface area contributed by atoms with E-state index in [0.717, 1.165) is 6.42 Å². The van der Waals surface area contributed by atoms with E-state index in [4.69, 9.17) is 0 Å². The van der Waals surface area contributed by atoms with Gasteiger partial charge >= 0.3 is 5.97 Å². The Balaban J connectivity index is 3.08. The van der Waals surface area contributed by atoms with Crippen molar-refractivity contribution >= 4 is 17.3 Å². The number of anilines is 1. The highest BCUT2D eigenvalue weighted by Crippen LogP contribution is 2.25. The van der Waals surface area contributed by atoms with Gasteiger partial charge in [-0.3, -0.25) is 10.1 Å². The number of methoxy groups -OCH3 is 1. The van der Waals surface area contributed by atoms with Crippen molar-refractivity contribution in [3.05, 3.63) is 33.9 Å². The third-order valence-electron chi connectivity index (χ3n) is 2.18. The van der Waals surface area contributed by atoms with Gasteiger partial charge in [0, 0.05) is 12.6 Å². The zero-order valence-corrected chi connectivity index (χ0v) is 9.73. The first-order chi connectivity index (χ1) is 8.10. The first-order valence-corrected chi connectivity index (χ1v) is 5.20. The largest absolute Gasteiger partial charge is 0.465 e. The Labute approximate surface area is 98.7 Å². The third kappa shape index (κ3) is 3.17. The zero-order valence-electron chi connectivity index (χ0n) is 9.73. The van der Waals surface area contributed by atoms with Crippen LogP contribution in [0.3, 0.4) is 0 Å². The van der Waals surface area contributed by atoms with E-state index in [-0.39, 0.29) is 11.3 Å². The number of nitrogens with zero attached hydrogens (tertiary/aromatic N) is 1. The Morgan fingerprint density at radius 1 is 1.53 bits per heavy atom. The number of nitrogens with one attached hydrogen (secondary N) is 1. The second-order valence-corrected chi connectivity index (χ2v) is 3.41. The molecule has 0 aliphatic heterocycles. The Morgan fingerprint density at radius 2 is 2.24 bits per heavy atom. The van der Waals surface area contributed by atoms with Crippen LogP contribution in [0.1, 0.15) is 23.7 Å². The van der Waals surface area contributed by atoms with Gasteiger partial charge in [0.05, 0.1) is 17.6 Å². The van der Waals surface area contributed by atoms with E-state index in [2.05, 4.69) is 10.1 Å². The first kappa shape index (κ1) is 13.0. The highest BCUT2D eigenvalue weighted by atomic mass is 16.6. The summed E-state index contributed by atoms with van der Waals surface area (Å²) < 4.78 is 4.51. The topological polar surface area (TPSA) is 81.5 Å². The van der Waals surface area contributed by atoms with Gasteiger partial charge in [-0.2, -0.15) is 0 Å². The number of esters is 1. The fraction of sp³-hybridized carbons (Fsp3) is 0.364. The van der Waals surface area contributed by atoms with Gasteiger partial charge in [-0.15, -0.1) is 0 Å². The van der Waals surface area contributed by atoms with Crippen molar-refractivity contribution in [2.45, 2.75) is 13.3 Å². The maximum atomic E-state index is 11.2. The summed E-state index contributed by atoms with van der Waals surface area (Å²) in [5, 5.41) is 13.8. The molecule has 0 saturated carbocycles.